The molecule has 0 aromatic rings. The number of likely N-dealkylation sites (tertiary alicyclic amines) is 2. The normalized spacial score (nSPS) is 22.8. The molecule has 19 heavy (non-hydrogen) atoms. The minimum atomic E-state index is -1.07. The van der Waals surface area contributed by atoms with Gasteiger partial charge in [-0.1, -0.05) is 6.42 Å². The van der Waals surface area contributed by atoms with Crippen molar-refractivity contribution < 1.29 is 14.7 Å². The van der Waals surface area contributed by atoms with Gasteiger partial charge in [-0.05, 0) is 38.8 Å². The maximum Gasteiger partial charge on any atom is 0.328 e. The Labute approximate surface area is 113 Å². The van der Waals surface area contributed by atoms with Crippen molar-refractivity contribution in [3.63, 3.8) is 0 Å². The highest BCUT2D eigenvalue weighted by Gasteiger charge is 2.26. The fraction of sp³-hybridized carbons (Fsp3) is 0.714. The Morgan fingerprint density at radius 3 is 2.16 bits per heavy atom. The molecule has 1 amide bonds. The zero-order valence-electron chi connectivity index (χ0n) is 11.3. The second-order valence-corrected chi connectivity index (χ2v) is 5.32. The third-order valence-electron chi connectivity index (χ3n) is 4.05. The number of nitrogens with zero attached hydrogens (tertiary/aromatic N) is 2. The van der Waals surface area contributed by atoms with Crippen LogP contribution in [0.3, 0.4) is 0 Å². The predicted molar refractivity (Wildman–Crippen MR) is 71.8 cm³/mol. The second kappa shape index (κ2) is 6.70. The zero-order chi connectivity index (χ0) is 13.7. The molecule has 0 saturated carbocycles. The minimum absolute atomic E-state index is 0.181. The van der Waals surface area contributed by atoms with Crippen molar-refractivity contribution in [2.45, 2.75) is 38.1 Å². The van der Waals surface area contributed by atoms with E-state index in [1.807, 2.05) is 0 Å². The minimum Gasteiger partial charge on any atom is -0.478 e. The number of carboxylic acids is 1. The molecular formula is C14H22N2O3. The highest BCUT2D eigenvalue weighted by molar-refractivity contribution is 5.93. The summed E-state index contributed by atoms with van der Waals surface area (Å²) in [6.45, 7) is 3.86. The van der Waals surface area contributed by atoms with E-state index in [0.29, 0.717) is 6.04 Å². The molecule has 0 atom stereocenters. The number of hydrogen-bond donors (Lipinski definition) is 1. The number of amides is 1. The van der Waals surface area contributed by atoms with Gasteiger partial charge in [0.2, 0.25) is 5.91 Å². The molecule has 2 fully saturated rings. The molecule has 1 N–H and O–H groups in total. The number of piperidine rings is 2. The first kappa shape index (κ1) is 14.1. The lowest BCUT2D eigenvalue weighted by atomic mass is 10.00. The van der Waals surface area contributed by atoms with Gasteiger partial charge in [0.1, 0.15) is 0 Å². The number of carbonyl (C=O) groups is 2. The molecule has 0 aromatic carbocycles. The standard InChI is InChI=1S/C14H22N2O3/c17-13(4-5-14(18)19)16-10-6-12(7-11-16)15-8-2-1-3-9-15/h4-5,12H,1-3,6-11H2,(H,18,19). The molecule has 2 heterocycles. The molecule has 5 nitrogen and oxygen atoms in total. The summed E-state index contributed by atoms with van der Waals surface area (Å²) >= 11 is 0. The van der Waals surface area contributed by atoms with Crippen molar-refractivity contribution in [1.29, 1.82) is 0 Å². The lowest BCUT2D eigenvalue weighted by Crippen LogP contribution is -2.47. The number of carbonyl (C=O) groups excluding carboxylic acids is 1. The van der Waals surface area contributed by atoms with Crippen LogP contribution in [0.1, 0.15) is 32.1 Å². The molecular weight excluding hydrogens is 244 g/mol. The number of carboxylic acid groups (broad SMARTS) is 1. The maximum absolute atomic E-state index is 11.7. The largest absolute Gasteiger partial charge is 0.478 e. The van der Waals surface area contributed by atoms with Crippen LogP contribution in [-0.2, 0) is 9.59 Å². The average molecular weight is 266 g/mol. The molecule has 106 valence electrons. The van der Waals surface area contributed by atoms with Gasteiger partial charge in [-0.3, -0.25) is 4.79 Å². The predicted octanol–water partition coefficient (Wildman–Crippen LogP) is 1.10. The number of hydrogen-bond acceptors (Lipinski definition) is 3. The van der Waals surface area contributed by atoms with E-state index in [4.69, 9.17) is 5.11 Å². The van der Waals surface area contributed by atoms with Gasteiger partial charge < -0.3 is 14.9 Å². The van der Waals surface area contributed by atoms with Crippen LogP contribution < -0.4 is 0 Å². The highest BCUT2D eigenvalue weighted by atomic mass is 16.4. The molecule has 0 bridgehead atoms. The van der Waals surface area contributed by atoms with Crippen molar-refractivity contribution in [2.75, 3.05) is 26.2 Å². The monoisotopic (exact) mass is 266 g/mol. The third-order valence-corrected chi connectivity index (χ3v) is 4.05. The first-order valence-electron chi connectivity index (χ1n) is 7.11. The van der Waals surface area contributed by atoms with Crippen LogP contribution in [0.15, 0.2) is 12.2 Å². The molecule has 2 saturated heterocycles. The molecule has 0 unspecified atom stereocenters. The summed E-state index contributed by atoms with van der Waals surface area (Å²) in [5.74, 6) is -1.25. The maximum atomic E-state index is 11.7. The van der Waals surface area contributed by atoms with Crippen LogP contribution in [0.4, 0.5) is 0 Å². The van der Waals surface area contributed by atoms with Crippen molar-refractivity contribution in [3.05, 3.63) is 12.2 Å². The van der Waals surface area contributed by atoms with E-state index in [0.717, 1.165) is 38.1 Å². The van der Waals surface area contributed by atoms with Gasteiger partial charge >= 0.3 is 5.97 Å². The van der Waals surface area contributed by atoms with Gasteiger partial charge in [-0.2, -0.15) is 0 Å². The second-order valence-electron chi connectivity index (χ2n) is 5.32. The Hall–Kier alpha value is -1.36. The average Bonchev–Trinajstić information content (AvgIpc) is 2.46. The lowest BCUT2D eigenvalue weighted by Gasteiger charge is -2.40. The van der Waals surface area contributed by atoms with Gasteiger partial charge in [0, 0.05) is 31.3 Å². The van der Waals surface area contributed by atoms with E-state index in [1.54, 1.807) is 4.90 Å². The number of aliphatic carboxylic acids is 1. The Balaban J connectivity index is 1.78. The Bertz CT molecular complexity index is 354. The molecule has 2 aliphatic heterocycles. The summed E-state index contributed by atoms with van der Waals surface area (Å²) < 4.78 is 0. The van der Waals surface area contributed by atoms with E-state index in [-0.39, 0.29) is 5.91 Å². The van der Waals surface area contributed by atoms with Crippen LogP contribution >= 0.6 is 0 Å². The molecule has 0 aromatic heterocycles. The summed E-state index contributed by atoms with van der Waals surface area (Å²) in [7, 11) is 0. The lowest BCUT2D eigenvalue weighted by molar-refractivity contribution is -0.132. The molecule has 0 spiro atoms. The quantitative estimate of drug-likeness (QED) is 0.777. The van der Waals surface area contributed by atoms with E-state index in [1.165, 1.54) is 32.4 Å². The van der Waals surface area contributed by atoms with E-state index < -0.39 is 5.97 Å². The third kappa shape index (κ3) is 4.06. The van der Waals surface area contributed by atoms with E-state index >= 15 is 0 Å². The molecule has 2 aliphatic rings. The first-order valence-corrected chi connectivity index (χ1v) is 7.11. The van der Waals surface area contributed by atoms with Crippen LogP contribution in [0.2, 0.25) is 0 Å². The smallest absolute Gasteiger partial charge is 0.328 e. The Kier molecular flexibility index (Phi) is 4.96. The Morgan fingerprint density at radius 2 is 1.58 bits per heavy atom. The van der Waals surface area contributed by atoms with Gasteiger partial charge in [-0.15, -0.1) is 0 Å². The summed E-state index contributed by atoms with van der Waals surface area (Å²) in [5.41, 5.74) is 0. The summed E-state index contributed by atoms with van der Waals surface area (Å²) in [5, 5.41) is 8.51. The fourth-order valence-electron chi connectivity index (χ4n) is 2.98. The van der Waals surface area contributed by atoms with Gasteiger partial charge in [-0.25, -0.2) is 4.79 Å². The summed E-state index contributed by atoms with van der Waals surface area (Å²) in [6, 6.07) is 0.604. The SMILES string of the molecule is O=C(O)C=CC(=O)N1CCC(N2CCCCC2)CC1. The van der Waals surface area contributed by atoms with Crippen LogP contribution in [-0.4, -0.2) is 59.0 Å². The molecule has 2 rings (SSSR count). The van der Waals surface area contributed by atoms with Crippen molar-refractivity contribution in [1.82, 2.24) is 9.80 Å². The van der Waals surface area contributed by atoms with Crippen molar-refractivity contribution in [2.24, 2.45) is 0 Å². The molecule has 5 heteroatoms. The first-order chi connectivity index (χ1) is 9.16. The zero-order valence-corrected chi connectivity index (χ0v) is 11.3. The van der Waals surface area contributed by atoms with E-state index in [9.17, 15) is 9.59 Å². The number of rotatable bonds is 3. The fourth-order valence-corrected chi connectivity index (χ4v) is 2.98. The van der Waals surface area contributed by atoms with Gasteiger partial charge in [0.05, 0.1) is 0 Å². The van der Waals surface area contributed by atoms with Crippen LogP contribution in [0, 0.1) is 0 Å². The van der Waals surface area contributed by atoms with Crippen molar-refractivity contribution >= 4 is 11.9 Å². The van der Waals surface area contributed by atoms with Crippen LogP contribution in [0.5, 0.6) is 0 Å². The summed E-state index contributed by atoms with van der Waals surface area (Å²) in [6.07, 6.45) is 8.01. The van der Waals surface area contributed by atoms with Gasteiger partial charge in [0.25, 0.3) is 0 Å². The summed E-state index contributed by atoms with van der Waals surface area (Å²) in [4.78, 5) is 26.4. The topological polar surface area (TPSA) is 60.9 Å². The van der Waals surface area contributed by atoms with Crippen molar-refractivity contribution in [3.8, 4) is 0 Å². The Morgan fingerprint density at radius 1 is 0.947 bits per heavy atom. The molecule has 0 radical (unpaired) electrons. The highest BCUT2D eigenvalue weighted by Crippen LogP contribution is 2.20. The van der Waals surface area contributed by atoms with Gasteiger partial charge in [0.15, 0.2) is 0 Å². The molecule has 0 aliphatic carbocycles. The van der Waals surface area contributed by atoms with E-state index in [2.05, 4.69) is 4.90 Å². The van der Waals surface area contributed by atoms with Crippen LogP contribution in [0.25, 0.3) is 0 Å².